The SMILES string of the molecule is COc1ccc(-n2cccc2C2C(c3ccccn3)NC(=S)N2c2ccccc2)cc1. The molecule has 2 unspecified atom stereocenters. The van der Waals surface area contributed by atoms with Crippen LogP contribution in [0.15, 0.2) is 97.3 Å². The molecule has 3 heterocycles. The molecule has 0 spiro atoms. The van der Waals surface area contributed by atoms with Crippen molar-refractivity contribution in [3.63, 3.8) is 0 Å². The number of nitrogens with one attached hydrogen (secondary N) is 1. The summed E-state index contributed by atoms with van der Waals surface area (Å²) in [7, 11) is 1.68. The van der Waals surface area contributed by atoms with E-state index in [1.54, 1.807) is 7.11 Å². The number of nitrogens with zero attached hydrogens (tertiary/aromatic N) is 3. The molecule has 31 heavy (non-hydrogen) atoms. The van der Waals surface area contributed by atoms with Crippen LogP contribution in [0, 0.1) is 0 Å². The van der Waals surface area contributed by atoms with Gasteiger partial charge in [-0.25, -0.2) is 0 Å². The zero-order valence-corrected chi connectivity index (χ0v) is 17.9. The van der Waals surface area contributed by atoms with Crippen LogP contribution in [0.3, 0.4) is 0 Å². The monoisotopic (exact) mass is 426 g/mol. The van der Waals surface area contributed by atoms with Gasteiger partial charge in [-0.15, -0.1) is 0 Å². The molecule has 2 aromatic heterocycles. The molecule has 2 atom stereocenters. The lowest BCUT2D eigenvalue weighted by molar-refractivity contribution is 0.414. The van der Waals surface area contributed by atoms with Gasteiger partial charge in [0.15, 0.2) is 5.11 Å². The molecular formula is C25H22N4OS. The summed E-state index contributed by atoms with van der Waals surface area (Å²) in [6.07, 6.45) is 3.90. The van der Waals surface area contributed by atoms with E-state index in [-0.39, 0.29) is 12.1 Å². The van der Waals surface area contributed by atoms with E-state index in [0.29, 0.717) is 5.11 Å². The van der Waals surface area contributed by atoms with Crippen molar-refractivity contribution in [2.45, 2.75) is 12.1 Å². The Balaban J connectivity index is 1.64. The molecule has 0 amide bonds. The van der Waals surface area contributed by atoms with E-state index in [2.05, 4.69) is 62.4 Å². The number of rotatable bonds is 5. The Hall–Kier alpha value is -3.64. The number of pyridine rings is 1. The quantitative estimate of drug-likeness (QED) is 0.452. The first kappa shape index (κ1) is 19.3. The number of ether oxygens (including phenoxy) is 1. The summed E-state index contributed by atoms with van der Waals surface area (Å²) >= 11 is 5.80. The molecule has 1 fully saturated rings. The fraction of sp³-hybridized carbons (Fsp3) is 0.120. The molecule has 5 rings (SSSR count). The summed E-state index contributed by atoms with van der Waals surface area (Å²) in [4.78, 5) is 6.82. The maximum atomic E-state index is 5.80. The molecule has 6 heteroatoms. The molecule has 1 aliphatic rings. The highest BCUT2D eigenvalue weighted by atomic mass is 32.1. The largest absolute Gasteiger partial charge is 0.497 e. The highest BCUT2D eigenvalue weighted by Crippen LogP contribution is 2.42. The van der Waals surface area contributed by atoms with Crippen molar-refractivity contribution in [2.24, 2.45) is 0 Å². The van der Waals surface area contributed by atoms with Crippen molar-refractivity contribution >= 4 is 23.0 Å². The molecule has 0 bridgehead atoms. The summed E-state index contributed by atoms with van der Waals surface area (Å²) in [6, 6.07) is 28.4. The first-order valence-electron chi connectivity index (χ1n) is 10.1. The summed E-state index contributed by atoms with van der Waals surface area (Å²) in [6.45, 7) is 0. The highest BCUT2D eigenvalue weighted by molar-refractivity contribution is 7.80. The second kappa shape index (κ2) is 8.24. The second-order valence-electron chi connectivity index (χ2n) is 7.33. The summed E-state index contributed by atoms with van der Waals surface area (Å²) in [5.74, 6) is 0.832. The first-order valence-corrected chi connectivity index (χ1v) is 10.5. The molecule has 154 valence electrons. The van der Waals surface area contributed by atoms with E-state index in [4.69, 9.17) is 17.0 Å². The van der Waals surface area contributed by atoms with Gasteiger partial charge in [-0.2, -0.15) is 0 Å². The van der Waals surface area contributed by atoms with Crippen molar-refractivity contribution in [3.05, 3.63) is 109 Å². The van der Waals surface area contributed by atoms with Crippen molar-refractivity contribution < 1.29 is 4.74 Å². The van der Waals surface area contributed by atoms with Crippen molar-refractivity contribution in [1.29, 1.82) is 0 Å². The number of benzene rings is 2. The van der Waals surface area contributed by atoms with Crippen LogP contribution in [-0.2, 0) is 0 Å². The van der Waals surface area contributed by atoms with Crippen molar-refractivity contribution in [3.8, 4) is 11.4 Å². The molecule has 1 saturated heterocycles. The number of anilines is 1. The molecule has 2 aromatic carbocycles. The fourth-order valence-corrected chi connectivity index (χ4v) is 4.48. The minimum Gasteiger partial charge on any atom is -0.497 e. The van der Waals surface area contributed by atoms with E-state index in [9.17, 15) is 0 Å². The van der Waals surface area contributed by atoms with Gasteiger partial charge < -0.3 is 19.5 Å². The Kier molecular flexibility index (Phi) is 5.14. The molecule has 0 aliphatic carbocycles. The number of methoxy groups -OCH3 is 1. The van der Waals surface area contributed by atoms with Gasteiger partial charge in [0.1, 0.15) is 11.8 Å². The maximum absolute atomic E-state index is 5.80. The van der Waals surface area contributed by atoms with Gasteiger partial charge in [0.2, 0.25) is 0 Å². The first-order chi connectivity index (χ1) is 15.3. The van der Waals surface area contributed by atoms with Crippen LogP contribution in [0.2, 0.25) is 0 Å². The lowest BCUT2D eigenvalue weighted by Crippen LogP contribution is -2.30. The van der Waals surface area contributed by atoms with Gasteiger partial charge in [-0.1, -0.05) is 24.3 Å². The van der Waals surface area contributed by atoms with Crippen LogP contribution in [0.5, 0.6) is 5.75 Å². The Morgan fingerprint density at radius 3 is 2.35 bits per heavy atom. The molecule has 1 aliphatic heterocycles. The van der Waals surface area contributed by atoms with Crippen LogP contribution in [0.25, 0.3) is 5.69 Å². The van der Waals surface area contributed by atoms with Gasteiger partial charge >= 0.3 is 0 Å². The fourth-order valence-electron chi connectivity index (χ4n) is 4.14. The van der Waals surface area contributed by atoms with E-state index >= 15 is 0 Å². The van der Waals surface area contributed by atoms with Gasteiger partial charge in [-0.3, -0.25) is 4.98 Å². The molecule has 4 aromatic rings. The van der Waals surface area contributed by atoms with Gasteiger partial charge in [0.25, 0.3) is 0 Å². The average Bonchev–Trinajstić information content (AvgIpc) is 3.44. The topological polar surface area (TPSA) is 42.3 Å². The average molecular weight is 427 g/mol. The van der Waals surface area contributed by atoms with Crippen LogP contribution >= 0.6 is 12.2 Å². The highest BCUT2D eigenvalue weighted by Gasteiger charge is 2.42. The Bertz CT molecular complexity index is 1180. The second-order valence-corrected chi connectivity index (χ2v) is 7.72. The zero-order chi connectivity index (χ0) is 21.2. The number of hydrogen-bond donors (Lipinski definition) is 1. The van der Waals surface area contributed by atoms with Gasteiger partial charge in [0.05, 0.1) is 18.8 Å². The number of aromatic nitrogens is 2. The predicted octanol–water partition coefficient (Wildman–Crippen LogP) is 5.06. The van der Waals surface area contributed by atoms with E-state index in [1.165, 1.54) is 0 Å². The summed E-state index contributed by atoms with van der Waals surface area (Å²) in [5.41, 5.74) is 4.19. The third-order valence-electron chi connectivity index (χ3n) is 5.57. The molecule has 0 saturated carbocycles. The predicted molar refractivity (Wildman–Crippen MR) is 127 cm³/mol. The Morgan fingerprint density at radius 1 is 0.871 bits per heavy atom. The zero-order valence-electron chi connectivity index (χ0n) is 17.1. The molecule has 0 radical (unpaired) electrons. The van der Waals surface area contributed by atoms with Crippen molar-refractivity contribution in [1.82, 2.24) is 14.9 Å². The Labute approximate surface area is 186 Å². The minimum atomic E-state index is -0.0826. The van der Waals surface area contributed by atoms with E-state index in [0.717, 1.165) is 28.5 Å². The summed E-state index contributed by atoms with van der Waals surface area (Å²) < 4.78 is 7.53. The molecule has 5 nitrogen and oxygen atoms in total. The number of hydrogen-bond acceptors (Lipinski definition) is 3. The standard InChI is InChI=1S/C25H22N4OS/c1-30-20-14-12-18(13-15-20)28-17-7-11-22(28)24-23(21-10-5-6-16-26-21)27-25(31)29(24)19-8-3-2-4-9-19/h2-17,23-24H,1H3,(H,27,31). The van der Waals surface area contributed by atoms with Crippen LogP contribution in [0.1, 0.15) is 23.5 Å². The third kappa shape index (κ3) is 3.55. The maximum Gasteiger partial charge on any atom is 0.174 e. The van der Waals surface area contributed by atoms with Crippen molar-refractivity contribution in [2.75, 3.05) is 12.0 Å². The van der Waals surface area contributed by atoms with Crippen LogP contribution < -0.4 is 15.0 Å². The normalized spacial score (nSPS) is 18.1. The number of thiocarbonyl (C=S) groups is 1. The van der Waals surface area contributed by atoms with Gasteiger partial charge in [-0.05, 0) is 72.9 Å². The molecular weight excluding hydrogens is 404 g/mol. The third-order valence-corrected chi connectivity index (χ3v) is 5.88. The smallest absolute Gasteiger partial charge is 0.174 e. The van der Waals surface area contributed by atoms with Gasteiger partial charge in [0, 0.05) is 29.5 Å². The Morgan fingerprint density at radius 2 is 1.65 bits per heavy atom. The van der Waals surface area contributed by atoms with Crippen LogP contribution in [0.4, 0.5) is 5.69 Å². The molecule has 1 N–H and O–H groups in total. The van der Waals surface area contributed by atoms with E-state index in [1.807, 2.05) is 54.7 Å². The summed E-state index contributed by atoms with van der Waals surface area (Å²) in [5, 5.41) is 4.20. The van der Waals surface area contributed by atoms with E-state index < -0.39 is 0 Å². The number of para-hydroxylation sites is 1. The lowest BCUT2D eigenvalue weighted by atomic mass is 10.0. The minimum absolute atomic E-state index is 0.0677. The van der Waals surface area contributed by atoms with Crippen LogP contribution in [-0.4, -0.2) is 21.8 Å². The lowest BCUT2D eigenvalue weighted by Gasteiger charge is -2.29.